The summed E-state index contributed by atoms with van der Waals surface area (Å²) in [6, 6.07) is 10.6. The molecule has 1 aromatic rings. The van der Waals surface area contributed by atoms with E-state index in [4.69, 9.17) is 9.47 Å². The van der Waals surface area contributed by atoms with Crippen LogP contribution in [-0.2, 0) is 15.9 Å². The van der Waals surface area contributed by atoms with Gasteiger partial charge in [-0.25, -0.2) is 0 Å². The van der Waals surface area contributed by atoms with Crippen LogP contribution in [0.15, 0.2) is 42.5 Å². The van der Waals surface area contributed by atoms with Crippen LogP contribution in [0.1, 0.15) is 44.6 Å². The molecular weight excluding hydrogens is 248 g/mol. The van der Waals surface area contributed by atoms with Gasteiger partial charge in [-0.3, -0.25) is 0 Å². The van der Waals surface area contributed by atoms with Crippen molar-refractivity contribution in [3.05, 3.63) is 48.0 Å². The third kappa shape index (κ3) is 5.48. The van der Waals surface area contributed by atoms with Gasteiger partial charge in [0.25, 0.3) is 0 Å². The summed E-state index contributed by atoms with van der Waals surface area (Å²) in [6.07, 6.45) is 6.73. The molecule has 1 aliphatic heterocycles. The Morgan fingerprint density at radius 3 is 2.85 bits per heavy atom. The van der Waals surface area contributed by atoms with Gasteiger partial charge in [0.2, 0.25) is 0 Å². The standard InChI is InChI=1S/C18H26O2/c1-15(2)8-7-13-19-18-12-6-11-17(20-18)14-16-9-4-3-5-10-16/h3-5,9-10,17-18H,1,6-8,11-14H2,2H3/t17-,18-/m1/s1. The molecule has 1 aliphatic rings. The van der Waals surface area contributed by atoms with Gasteiger partial charge in [0.15, 0.2) is 6.29 Å². The second-order valence-electron chi connectivity index (χ2n) is 5.74. The zero-order chi connectivity index (χ0) is 14.2. The van der Waals surface area contributed by atoms with Gasteiger partial charge in [-0.05, 0) is 51.0 Å². The molecule has 0 aromatic heterocycles. The topological polar surface area (TPSA) is 18.5 Å². The van der Waals surface area contributed by atoms with Gasteiger partial charge < -0.3 is 9.47 Å². The number of hydrogen-bond acceptors (Lipinski definition) is 2. The number of allylic oxidation sites excluding steroid dienone is 1. The molecule has 1 aromatic carbocycles. The molecule has 0 unspecified atom stereocenters. The van der Waals surface area contributed by atoms with Gasteiger partial charge in [-0.1, -0.05) is 35.9 Å². The van der Waals surface area contributed by atoms with Crippen molar-refractivity contribution in [2.75, 3.05) is 6.61 Å². The Bertz CT molecular complexity index is 399. The maximum atomic E-state index is 6.05. The van der Waals surface area contributed by atoms with Crippen LogP contribution < -0.4 is 0 Å². The lowest BCUT2D eigenvalue weighted by molar-refractivity contribution is -0.193. The van der Waals surface area contributed by atoms with Crippen molar-refractivity contribution in [3.8, 4) is 0 Å². The molecule has 1 heterocycles. The van der Waals surface area contributed by atoms with Crippen molar-refractivity contribution < 1.29 is 9.47 Å². The monoisotopic (exact) mass is 274 g/mol. The fraction of sp³-hybridized carbons (Fsp3) is 0.556. The lowest BCUT2D eigenvalue weighted by Gasteiger charge is -2.30. The predicted octanol–water partition coefficient (Wildman–Crippen LogP) is 4.50. The maximum absolute atomic E-state index is 6.05. The van der Waals surface area contributed by atoms with E-state index in [0.717, 1.165) is 38.7 Å². The molecular formula is C18H26O2. The number of benzene rings is 1. The fourth-order valence-corrected chi connectivity index (χ4v) is 2.60. The van der Waals surface area contributed by atoms with E-state index >= 15 is 0 Å². The van der Waals surface area contributed by atoms with Crippen molar-refractivity contribution in [3.63, 3.8) is 0 Å². The Morgan fingerprint density at radius 2 is 2.10 bits per heavy atom. The van der Waals surface area contributed by atoms with Crippen LogP contribution in [0.4, 0.5) is 0 Å². The molecule has 20 heavy (non-hydrogen) atoms. The van der Waals surface area contributed by atoms with E-state index < -0.39 is 0 Å². The van der Waals surface area contributed by atoms with E-state index in [-0.39, 0.29) is 6.29 Å². The van der Waals surface area contributed by atoms with Gasteiger partial charge in [-0.2, -0.15) is 0 Å². The summed E-state index contributed by atoms with van der Waals surface area (Å²) in [5.74, 6) is 0. The smallest absolute Gasteiger partial charge is 0.157 e. The number of ether oxygens (including phenoxy) is 2. The normalized spacial score (nSPS) is 22.6. The lowest BCUT2D eigenvalue weighted by Crippen LogP contribution is -2.31. The fourth-order valence-electron chi connectivity index (χ4n) is 2.60. The lowest BCUT2D eigenvalue weighted by atomic mass is 10.0. The molecule has 0 amide bonds. The third-order valence-corrected chi connectivity index (χ3v) is 3.67. The first-order valence-corrected chi connectivity index (χ1v) is 7.69. The quantitative estimate of drug-likeness (QED) is 0.538. The Labute approximate surface area is 122 Å². The maximum Gasteiger partial charge on any atom is 0.157 e. The molecule has 0 bridgehead atoms. The Kier molecular flexibility index (Phi) is 6.28. The second-order valence-corrected chi connectivity index (χ2v) is 5.74. The molecule has 2 rings (SSSR count). The van der Waals surface area contributed by atoms with Crippen LogP contribution >= 0.6 is 0 Å². The van der Waals surface area contributed by atoms with Crippen molar-refractivity contribution in [2.24, 2.45) is 0 Å². The molecule has 2 nitrogen and oxygen atoms in total. The molecule has 2 atom stereocenters. The van der Waals surface area contributed by atoms with Crippen LogP contribution in [0.5, 0.6) is 0 Å². The molecule has 0 radical (unpaired) electrons. The highest BCUT2D eigenvalue weighted by molar-refractivity contribution is 5.15. The molecule has 0 aliphatic carbocycles. The SMILES string of the molecule is C=C(C)CCCO[C@H]1CCC[C@H](Cc2ccccc2)O1. The zero-order valence-corrected chi connectivity index (χ0v) is 12.5. The molecule has 0 saturated carbocycles. The summed E-state index contributed by atoms with van der Waals surface area (Å²) >= 11 is 0. The molecule has 1 fully saturated rings. The van der Waals surface area contributed by atoms with Gasteiger partial charge in [-0.15, -0.1) is 6.58 Å². The molecule has 0 N–H and O–H groups in total. The Balaban J connectivity index is 1.70. The highest BCUT2D eigenvalue weighted by atomic mass is 16.7. The summed E-state index contributed by atoms with van der Waals surface area (Å²) < 4.78 is 11.9. The van der Waals surface area contributed by atoms with Crippen LogP contribution in [0, 0.1) is 0 Å². The minimum absolute atomic E-state index is 0.0115. The summed E-state index contributed by atoms with van der Waals surface area (Å²) in [6.45, 7) is 6.75. The van der Waals surface area contributed by atoms with Gasteiger partial charge >= 0.3 is 0 Å². The van der Waals surface area contributed by atoms with E-state index in [1.807, 2.05) is 0 Å². The third-order valence-electron chi connectivity index (χ3n) is 3.67. The van der Waals surface area contributed by atoms with E-state index in [2.05, 4.69) is 43.8 Å². The first kappa shape index (κ1) is 15.3. The molecule has 1 saturated heterocycles. The van der Waals surface area contributed by atoms with Crippen molar-refractivity contribution in [1.82, 2.24) is 0 Å². The summed E-state index contributed by atoms with van der Waals surface area (Å²) in [5, 5.41) is 0. The highest BCUT2D eigenvalue weighted by Crippen LogP contribution is 2.23. The first-order chi connectivity index (χ1) is 9.74. The predicted molar refractivity (Wildman–Crippen MR) is 82.7 cm³/mol. The van der Waals surface area contributed by atoms with Crippen LogP contribution in [-0.4, -0.2) is 19.0 Å². The van der Waals surface area contributed by atoms with Crippen molar-refractivity contribution in [2.45, 2.75) is 57.8 Å². The van der Waals surface area contributed by atoms with E-state index in [1.165, 1.54) is 17.6 Å². The Hall–Kier alpha value is -1.12. The summed E-state index contributed by atoms with van der Waals surface area (Å²) in [7, 11) is 0. The van der Waals surface area contributed by atoms with Gasteiger partial charge in [0.05, 0.1) is 12.7 Å². The minimum atomic E-state index is -0.0115. The highest BCUT2D eigenvalue weighted by Gasteiger charge is 2.22. The summed E-state index contributed by atoms with van der Waals surface area (Å²) in [5.41, 5.74) is 2.57. The van der Waals surface area contributed by atoms with Crippen molar-refractivity contribution >= 4 is 0 Å². The van der Waals surface area contributed by atoms with Crippen LogP contribution in [0.2, 0.25) is 0 Å². The molecule has 2 heteroatoms. The first-order valence-electron chi connectivity index (χ1n) is 7.69. The number of hydrogen-bond donors (Lipinski definition) is 0. The average molecular weight is 274 g/mol. The van der Waals surface area contributed by atoms with Gasteiger partial charge in [0, 0.05) is 0 Å². The van der Waals surface area contributed by atoms with E-state index in [9.17, 15) is 0 Å². The summed E-state index contributed by atoms with van der Waals surface area (Å²) in [4.78, 5) is 0. The number of rotatable bonds is 7. The van der Waals surface area contributed by atoms with E-state index in [0.29, 0.717) is 6.10 Å². The van der Waals surface area contributed by atoms with Crippen LogP contribution in [0.3, 0.4) is 0 Å². The Morgan fingerprint density at radius 1 is 1.30 bits per heavy atom. The zero-order valence-electron chi connectivity index (χ0n) is 12.5. The van der Waals surface area contributed by atoms with Gasteiger partial charge in [0.1, 0.15) is 0 Å². The average Bonchev–Trinajstić information content (AvgIpc) is 2.45. The van der Waals surface area contributed by atoms with Crippen molar-refractivity contribution in [1.29, 1.82) is 0 Å². The largest absolute Gasteiger partial charge is 0.353 e. The molecule has 0 spiro atoms. The molecule has 110 valence electrons. The second kappa shape index (κ2) is 8.23. The van der Waals surface area contributed by atoms with E-state index in [1.54, 1.807) is 0 Å². The minimum Gasteiger partial charge on any atom is -0.353 e. The van der Waals surface area contributed by atoms with Crippen LogP contribution in [0.25, 0.3) is 0 Å².